The van der Waals surface area contributed by atoms with Gasteiger partial charge >= 0.3 is 0 Å². The molecule has 8 heteroatoms. The van der Waals surface area contributed by atoms with Crippen LogP contribution in [-0.2, 0) is 11.3 Å². The SMILES string of the molecule is CC(Nc1cnn(CC(N)=O)c1)c1ccccc1[N+](=O)[O-]. The zero-order valence-corrected chi connectivity index (χ0v) is 11.4. The summed E-state index contributed by atoms with van der Waals surface area (Å²) in [7, 11) is 0. The zero-order chi connectivity index (χ0) is 15.4. The van der Waals surface area contributed by atoms with Crippen LogP contribution in [0.15, 0.2) is 36.7 Å². The minimum Gasteiger partial charge on any atom is -0.376 e. The molecule has 110 valence electrons. The fourth-order valence-electron chi connectivity index (χ4n) is 2.03. The summed E-state index contributed by atoms with van der Waals surface area (Å²) in [5.74, 6) is -0.489. The second-order valence-electron chi connectivity index (χ2n) is 4.57. The predicted octanol–water partition coefficient (Wildman–Crippen LogP) is 1.45. The molecule has 0 saturated heterocycles. The van der Waals surface area contributed by atoms with Crippen molar-refractivity contribution in [1.82, 2.24) is 9.78 Å². The Morgan fingerprint density at radius 1 is 1.52 bits per heavy atom. The van der Waals surface area contributed by atoms with Gasteiger partial charge in [-0.15, -0.1) is 0 Å². The number of nitrogens with zero attached hydrogens (tertiary/aromatic N) is 3. The lowest BCUT2D eigenvalue weighted by Crippen LogP contribution is -2.18. The zero-order valence-electron chi connectivity index (χ0n) is 11.4. The van der Waals surface area contributed by atoms with Gasteiger partial charge in [-0.25, -0.2) is 0 Å². The first-order valence-electron chi connectivity index (χ1n) is 6.28. The Morgan fingerprint density at radius 3 is 2.90 bits per heavy atom. The largest absolute Gasteiger partial charge is 0.376 e. The third-order valence-corrected chi connectivity index (χ3v) is 2.93. The van der Waals surface area contributed by atoms with E-state index >= 15 is 0 Å². The molecule has 0 fully saturated rings. The molecule has 1 atom stereocenters. The Hall–Kier alpha value is -2.90. The van der Waals surface area contributed by atoms with E-state index in [9.17, 15) is 14.9 Å². The molecular weight excluding hydrogens is 274 g/mol. The summed E-state index contributed by atoms with van der Waals surface area (Å²) in [5, 5.41) is 18.1. The average Bonchev–Trinajstić information content (AvgIpc) is 2.85. The second-order valence-corrected chi connectivity index (χ2v) is 4.57. The number of benzene rings is 1. The van der Waals surface area contributed by atoms with Crippen LogP contribution in [-0.4, -0.2) is 20.6 Å². The topological polar surface area (TPSA) is 116 Å². The monoisotopic (exact) mass is 289 g/mol. The van der Waals surface area contributed by atoms with E-state index in [0.29, 0.717) is 11.3 Å². The molecular formula is C13H15N5O3. The number of nitrogens with one attached hydrogen (secondary N) is 1. The summed E-state index contributed by atoms with van der Waals surface area (Å²) >= 11 is 0. The van der Waals surface area contributed by atoms with E-state index in [-0.39, 0.29) is 18.3 Å². The van der Waals surface area contributed by atoms with Crippen molar-refractivity contribution >= 4 is 17.3 Å². The van der Waals surface area contributed by atoms with Gasteiger partial charge < -0.3 is 11.1 Å². The first-order valence-corrected chi connectivity index (χ1v) is 6.28. The second kappa shape index (κ2) is 6.04. The number of rotatable bonds is 6. The maximum absolute atomic E-state index is 11.0. The molecule has 0 radical (unpaired) electrons. The van der Waals surface area contributed by atoms with E-state index < -0.39 is 10.8 Å². The molecule has 2 aromatic rings. The molecule has 21 heavy (non-hydrogen) atoms. The van der Waals surface area contributed by atoms with Gasteiger partial charge in [0.05, 0.1) is 28.4 Å². The van der Waals surface area contributed by atoms with Crippen LogP contribution >= 0.6 is 0 Å². The Morgan fingerprint density at radius 2 is 2.24 bits per heavy atom. The number of hydrogen-bond donors (Lipinski definition) is 2. The van der Waals surface area contributed by atoms with E-state index in [1.165, 1.54) is 16.9 Å². The number of carbonyl (C=O) groups is 1. The van der Waals surface area contributed by atoms with Gasteiger partial charge in [0.15, 0.2) is 0 Å². The number of aromatic nitrogens is 2. The molecule has 1 aromatic heterocycles. The number of hydrogen-bond acceptors (Lipinski definition) is 5. The van der Waals surface area contributed by atoms with Gasteiger partial charge in [0, 0.05) is 12.3 Å². The third kappa shape index (κ3) is 3.56. The first kappa shape index (κ1) is 14.5. The lowest BCUT2D eigenvalue weighted by Gasteiger charge is -2.14. The molecule has 1 heterocycles. The van der Waals surface area contributed by atoms with Crippen molar-refractivity contribution < 1.29 is 9.72 Å². The van der Waals surface area contributed by atoms with E-state index in [2.05, 4.69) is 10.4 Å². The normalized spacial score (nSPS) is 11.9. The highest BCUT2D eigenvalue weighted by Gasteiger charge is 2.18. The van der Waals surface area contributed by atoms with Gasteiger partial charge in [-0.05, 0) is 6.92 Å². The van der Waals surface area contributed by atoms with Crippen molar-refractivity contribution in [3.8, 4) is 0 Å². The Labute approximate surface area is 120 Å². The number of anilines is 1. The van der Waals surface area contributed by atoms with Crippen LogP contribution in [0.2, 0.25) is 0 Å². The molecule has 2 rings (SSSR count). The van der Waals surface area contributed by atoms with Crippen LogP contribution in [0.1, 0.15) is 18.5 Å². The standard InChI is InChI=1S/C13H15N5O3/c1-9(11-4-2-3-5-12(11)18(20)21)16-10-6-15-17(7-10)8-13(14)19/h2-7,9,16H,8H2,1H3,(H2,14,19). The van der Waals surface area contributed by atoms with Gasteiger partial charge in [0.2, 0.25) is 5.91 Å². The highest BCUT2D eigenvalue weighted by molar-refractivity contribution is 5.73. The smallest absolute Gasteiger partial charge is 0.274 e. The average molecular weight is 289 g/mol. The summed E-state index contributed by atoms with van der Waals surface area (Å²) in [4.78, 5) is 21.4. The Bertz CT molecular complexity index is 667. The number of nitro benzene ring substituents is 1. The molecule has 0 saturated carbocycles. The minimum absolute atomic E-state index is 0.0124. The quantitative estimate of drug-likeness (QED) is 0.616. The number of primary amides is 1. The first-order chi connectivity index (χ1) is 9.97. The van der Waals surface area contributed by atoms with Crippen molar-refractivity contribution in [3.63, 3.8) is 0 Å². The lowest BCUT2D eigenvalue weighted by molar-refractivity contribution is -0.385. The Kier molecular flexibility index (Phi) is 4.17. The maximum Gasteiger partial charge on any atom is 0.274 e. The number of para-hydroxylation sites is 1. The summed E-state index contributed by atoms with van der Waals surface area (Å²) in [6.07, 6.45) is 3.16. The van der Waals surface area contributed by atoms with E-state index in [0.717, 1.165) is 0 Å². The molecule has 1 unspecified atom stereocenters. The summed E-state index contributed by atoms with van der Waals surface area (Å²) in [5.41, 5.74) is 6.37. The fraction of sp³-hybridized carbons (Fsp3) is 0.231. The molecule has 0 bridgehead atoms. The van der Waals surface area contributed by atoms with Crippen LogP contribution in [0, 0.1) is 10.1 Å². The molecule has 3 N–H and O–H groups in total. The van der Waals surface area contributed by atoms with Gasteiger partial charge in [-0.2, -0.15) is 5.10 Å². The van der Waals surface area contributed by atoms with Gasteiger partial charge in [-0.3, -0.25) is 19.6 Å². The third-order valence-electron chi connectivity index (χ3n) is 2.93. The molecule has 8 nitrogen and oxygen atoms in total. The van der Waals surface area contributed by atoms with Crippen molar-refractivity contribution in [2.24, 2.45) is 5.73 Å². The van der Waals surface area contributed by atoms with E-state index in [4.69, 9.17) is 5.73 Å². The molecule has 0 spiro atoms. The Balaban J connectivity index is 2.14. The maximum atomic E-state index is 11.0. The van der Waals surface area contributed by atoms with Crippen LogP contribution in [0.4, 0.5) is 11.4 Å². The summed E-state index contributed by atoms with van der Waals surface area (Å²) in [6, 6.07) is 6.25. The van der Waals surface area contributed by atoms with Crippen molar-refractivity contribution in [1.29, 1.82) is 0 Å². The molecule has 1 aromatic carbocycles. The number of nitro groups is 1. The predicted molar refractivity (Wildman–Crippen MR) is 76.6 cm³/mol. The lowest BCUT2D eigenvalue weighted by atomic mass is 10.1. The fourth-order valence-corrected chi connectivity index (χ4v) is 2.03. The number of nitrogens with two attached hydrogens (primary N) is 1. The molecule has 0 aliphatic carbocycles. The van der Waals surface area contributed by atoms with Crippen LogP contribution in [0.25, 0.3) is 0 Å². The van der Waals surface area contributed by atoms with Gasteiger partial charge in [0.1, 0.15) is 6.54 Å². The van der Waals surface area contributed by atoms with Crippen molar-refractivity contribution in [2.75, 3.05) is 5.32 Å². The van der Waals surface area contributed by atoms with Gasteiger partial charge in [0.25, 0.3) is 5.69 Å². The van der Waals surface area contributed by atoms with Crippen molar-refractivity contribution in [3.05, 3.63) is 52.3 Å². The molecule has 0 aliphatic heterocycles. The molecule has 1 amide bonds. The minimum atomic E-state index is -0.489. The van der Waals surface area contributed by atoms with Crippen molar-refractivity contribution in [2.45, 2.75) is 19.5 Å². The molecule has 0 aliphatic rings. The highest BCUT2D eigenvalue weighted by atomic mass is 16.6. The van der Waals surface area contributed by atoms with Crippen LogP contribution in [0.5, 0.6) is 0 Å². The van der Waals surface area contributed by atoms with Crippen LogP contribution < -0.4 is 11.1 Å². The van der Waals surface area contributed by atoms with Gasteiger partial charge in [-0.1, -0.05) is 18.2 Å². The summed E-state index contributed by atoms with van der Waals surface area (Å²) in [6.45, 7) is 1.80. The summed E-state index contributed by atoms with van der Waals surface area (Å²) < 4.78 is 1.40. The highest BCUT2D eigenvalue weighted by Crippen LogP contribution is 2.27. The number of carbonyl (C=O) groups excluding carboxylic acids is 1. The van der Waals surface area contributed by atoms with E-state index in [1.807, 2.05) is 6.92 Å². The van der Waals surface area contributed by atoms with Crippen LogP contribution in [0.3, 0.4) is 0 Å². The van der Waals surface area contributed by atoms with E-state index in [1.54, 1.807) is 24.4 Å². The number of amides is 1.